The lowest BCUT2D eigenvalue weighted by Crippen LogP contribution is -1.97. The lowest BCUT2D eigenvalue weighted by Gasteiger charge is -2.18. The predicted molar refractivity (Wildman–Crippen MR) is 144 cm³/mol. The Morgan fingerprint density at radius 3 is 1.29 bits per heavy atom. The van der Waals surface area contributed by atoms with E-state index in [1.807, 2.05) is 0 Å². The summed E-state index contributed by atoms with van der Waals surface area (Å²) in [4.78, 5) is 0. The fourth-order valence-corrected chi connectivity index (χ4v) is 6.41. The molecule has 3 aliphatic rings. The van der Waals surface area contributed by atoms with E-state index in [9.17, 15) is 0 Å². The van der Waals surface area contributed by atoms with Crippen LogP contribution < -0.4 is 0 Å². The van der Waals surface area contributed by atoms with Crippen molar-refractivity contribution in [1.82, 2.24) is 0 Å². The number of fused-ring (bicyclic) bond motifs is 6. The molecule has 0 nitrogen and oxygen atoms in total. The van der Waals surface area contributed by atoms with E-state index in [0.29, 0.717) is 0 Å². The van der Waals surface area contributed by atoms with Gasteiger partial charge in [0.25, 0.3) is 0 Å². The number of hydrogen-bond donors (Lipinski definition) is 0. The quantitative estimate of drug-likeness (QED) is 0.254. The fourth-order valence-electron chi connectivity index (χ4n) is 6.41. The molecule has 0 bridgehead atoms. The molecule has 0 heteroatoms. The number of rotatable bonds is 2. The van der Waals surface area contributed by atoms with Crippen molar-refractivity contribution in [2.24, 2.45) is 0 Å². The van der Waals surface area contributed by atoms with Gasteiger partial charge in [0.15, 0.2) is 0 Å². The summed E-state index contributed by atoms with van der Waals surface area (Å²) in [6.07, 6.45) is 11.6. The van der Waals surface area contributed by atoms with Gasteiger partial charge in [-0.15, -0.1) is 0 Å². The van der Waals surface area contributed by atoms with E-state index >= 15 is 0 Å². The van der Waals surface area contributed by atoms with Crippen LogP contribution in [0.1, 0.15) is 59.1 Å². The molecule has 0 radical (unpaired) electrons. The molecule has 34 heavy (non-hydrogen) atoms. The maximum atomic E-state index is 2.53. The standard InChI is InChI=1S/C34H28/c1-3-15-29-25(9-1)21-33-27(17-7-19-31(29)33)23-11-5-13-24(14-6-12-23)28-18-8-20-32-30-16-4-2-10-26(30)22-34(28)32/h1-4,7-11,14-20H,5-6,12-13,21-22H2. The summed E-state index contributed by atoms with van der Waals surface area (Å²) in [5.74, 6) is 0. The van der Waals surface area contributed by atoms with Crippen LogP contribution in [0, 0.1) is 0 Å². The Kier molecular flexibility index (Phi) is 4.65. The minimum atomic E-state index is 1.07. The largest absolute Gasteiger partial charge is 0.0804 e. The molecule has 164 valence electrons. The van der Waals surface area contributed by atoms with Crippen LogP contribution in [0.3, 0.4) is 0 Å². The molecule has 0 saturated carbocycles. The van der Waals surface area contributed by atoms with Crippen molar-refractivity contribution in [2.45, 2.75) is 38.5 Å². The Morgan fingerprint density at radius 2 is 0.794 bits per heavy atom. The highest BCUT2D eigenvalue weighted by Crippen LogP contribution is 2.43. The van der Waals surface area contributed by atoms with Crippen molar-refractivity contribution in [3.63, 3.8) is 0 Å². The van der Waals surface area contributed by atoms with Crippen molar-refractivity contribution in [2.75, 3.05) is 0 Å². The Bertz CT molecular complexity index is 1380. The molecule has 0 saturated heterocycles. The molecule has 4 aromatic rings. The average molecular weight is 437 g/mol. The molecular formula is C34H28. The summed E-state index contributed by atoms with van der Waals surface area (Å²) in [7, 11) is 0. The topological polar surface area (TPSA) is 0 Å². The highest BCUT2D eigenvalue weighted by atomic mass is 14.3. The average Bonchev–Trinajstić information content (AvgIpc) is 3.43. The Morgan fingerprint density at radius 1 is 0.382 bits per heavy atom. The summed E-state index contributed by atoms with van der Waals surface area (Å²) < 4.78 is 0. The first-order valence-corrected chi connectivity index (χ1v) is 12.7. The van der Waals surface area contributed by atoms with Crippen LogP contribution >= 0.6 is 0 Å². The van der Waals surface area contributed by atoms with Crippen molar-refractivity contribution in [3.8, 4) is 22.3 Å². The van der Waals surface area contributed by atoms with Crippen LogP contribution in [-0.2, 0) is 12.8 Å². The van der Waals surface area contributed by atoms with Gasteiger partial charge in [0.05, 0.1) is 0 Å². The first kappa shape index (κ1) is 19.8. The molecule has 0 atom stereocenters. The zero-order chi connectivity index (χ0) is 22.5. The van der Waals surface area contributed by atoms with Gasteiger partial charge in [-0.2, -0.15) is 0 Å². The van der Waals surface area contributed by atoms with Crippen LogP contribution in [0.5, 0.6) is 0 Å². The van der Waals surface area contributed by atoms with Gasteiger partial charge in [0.1, 0.15) is 0 Å². The molecule has 0 heterocycles. The molecule has 4 aromatic carbocycles. The van der Waals surface area contributed by atoms with E-state index in [1.165, 1.54) is 66.8 Å². The van der Waals surface area contributed by atoms with Gasteiger partial charge in [-0.1, -0.05) is 97.1 Å². The summed E-state index contributed by atoms with van der Waals surface area (Å²) in [6, 6.07) is 31.6. The van der Waals surface area contributed by atoms with Crippen molar-refractivity contribution < 1.29 is 0 Å². The van der Waals surface area contributed by atoms with E-state index in [1.54, 1.807) is 0 Å². The van der Waals surface area contributed by atoms with Gasteiger partial charge in [-0.05, 0) is 105 Å². The van der Waals surface area contributed by atoms with E-state index in [2.05, 4.69) is 97.1 Å². The summed E-state index contributed by atoms with van der Waals surface area (Å²) in [6.45, 7) is 0. The molecule has 3 aliphatic carbocycles. The van der Waals surface area contributed by atoms with Crippen LogP contribution in [0.2, 0.25) is 0 Å². The fraction of sp³-hybridized carbons (Fsp3) is 0.176. The van der Waals surface area contributed by atoms with E-state index in [-0.39, 0.29) is 0 Å². The van der Waals surface area contributed by atoms with Crippen molar-refractivity contribution in [1.29, 1.82) is 0 Å². The molecule has 0 N–H and O–H groups in total. The molecule has 7 rings (SSSR count). The van der Waals surface area contributed by atoms with E-state index in [0.717, 1.165) is 38.5 Å². The molecule has 0 spiro atoms. The van der Waals surface area contributed by atoms with Crippen LogP contribution in [-0.4, -0.2) is 0 Å². The first-order chi connectivity index (χ1) is 16.9. The lowest BCUT2D eigenvalue weighted by atomic mass is 9.87. The highest BCUT2D eigenvalue weighted by Gasteiger charge is 2.24. The molecule has 0 amide bonds. The maximum Gasteiger partial charge on any atom is -0.000740 e. The Labute approximate surface area is 202 Å². The first-order valence-electron chi connectivity index (χ1n) is 12.7. The Balaban J connectivity index is 1.17. The van der Waals surface area contributed by atoms with Crippen LogP contribution in [0.15, 0.2) is 97.1 Å². The minimum Gasteiger partial charge on any atom is -0.0804 e. The van der Waals surface area contributed by atoms with E-state index in [4.69, 9.17) is 0 Å². The lowest BCUT2D eigenvalue weighted by molar-refractivity contribution is 0.983. The molecule has 0 fully saturated rings. The van der Waals surface area contributed by atoms with Gasteiger partial charge >= 0.3 is 0 Å². The van der Waals surface area contributed by atoms with Crippen molar-refractivity contribution in [3.05, 3.63) is 130 Å². The zero-order valence-electron chi connectivity index (χ0n) is 19.5. The van der Waals surface area contributed by atoms with Gasteiger partial charge in [0.2, 0.25) is 0 Å². The third-order valence-electron chi connectivity index (χ3n) is 8.00. The summed E-state index contributed by atoms with van der Waals surface area (Å²) in [5, 5.41) is 0. The Hall–Kier alpha value is -3.64. The van der Waals surface area contributed by atoms with E-state index < -0.39 is 0 Å². The monoisotopic (exact) mass is 436 g/mol. The maximum absolute atomic E-state index is 2.53. The third kappa shape index (κ3) is 3.13. The summed E-state index contributed by atoms with van der Waals surface area (Å²) >= 11 is 0. The number of benzene rings is 4. The molecule has 0 unspecified atom stereocenters. The SMILES string of the molecule is C1=C(c2cccc3c2Cc2ccccc2-3)CCC=C(c2cccc3c2Cc2ccccc2-3)CC1. The second kappa shape index (κ2) is 7.99. The van der Waals surface area contributed by atoms with Crippen LogP contribution in [0.25, 0.3) is 33.4 Å². The zero-order valence-corrected chi connectivity index (χ0v) is 19.5. The highest BCUT2D eigenvalue weighted by molar-refractivity contribution is 5.85. The predicted octanol–water partition coefficient (Wildman–Crippen LogP) is 8.87. The van der Waals surface area contributed by atoms with Gasteiger partial charge in [-0.3, -0.25) is 0 Å². The second-order valence-electron chi connectivity index (χ2n) is 9.87. The molecule has 0 aliphatic heterocycles. The van der Waals surface area contributed by atoms with Gasteiger partial charge in [-0.25, -0.2) is 0 Å². The second-order valence-corrected chi connectivity index (χ2v) is 9.87. The van der Waals surface area contributed by atoms with Gasteiger partial charge < -0.3 is 0 Å². The van der Waals surface area contributed by atoms with Crippen molar-refractivity contribution >= 4 is 11.1 Å². The minimum absolute atomic E-state index is 1.07. The number of hydrogen-bond acceptors (Lipinski definition) is 0. The van der Waals surface area contributed by atoms with Gasteiger partial charge in [0, 0.05) is 0 Å². The van der Waals surface area contributed by atoms with Crippen LogP contribution in [0.4, 0.5) is 0 Å². The molecule has 0 aromatic heterocycles. The number of allylic oxidation sites excluding steroid dienone is 4. The normalized spacial score (nSPS) is 15.9. The summed E-state index contributed by atoms with van der Waals surface area (Å²) in [5.41, 5.74) is 17.7. The molecular weight excluding hydrogens is 408 g/mol. The third-order valence-corrected chi connectivity index (χ3v) is 8.00. The smallest absolute Gasteiger partial charge is 0.000740 e.